The first-order chi connectivity index (χ1) is 17.6. The molecule has 0 spiro atoms. The van der Waals surface area contributed by atoms with Gasteiger partial charge < -0.3 is 9.47 Å². The van der Waals surface area contributed by atoms with Gasteiger partial charge in [-0.3, -0.25) is 4.79 Å². The lowest BCUT2D eigenvalue weighted by Crippen LogP contribution is -2.16. The Hall–Kier alpha value is -2.53. The fourth-order valence-electron chi connectivity index (χ4n) is 3.92. The average Bonchev–Trinajstić information content (AvgIpc) is 2.88. The lowest BCUT2D eigenvalue weighted by molar-refractivity contribution is -0.121. The van der Waals surface area contributed by atoms with Gasteiger partial charge in [0.15, 0.2) is 11.5 Å². The molecule has 0 aliphatic rings. The lowest BCUT2D eigenvalue weighted by Gasteiger charge is -2.12. The first kappa shape index (κ1) is 29.7. The molecule has 0 fully saturated rings. The molecular weight excluding hydrogens is 472 g/mol. The highest BCUT2D eigenvalue weighted by Gasteiger charge is 2.07. The third-order valence-electron chi connectivity index (χ3n) is 5.99. The third-order valence-corrected chi connectivity index (χ3v) is 6.24. The Balaban J connectivity index is 1.65. The molecule has 2 rings (SSSR count). The summed E-state index contributed by atoms with van der Waals surface area (Å²) < 4.78 is 11.7. The summed E-state index contributed by atoms with van der Waals surface area (Å²) in [4.78, 5) is 12.1. The van der Waals surface area contributed by atoms with E-state index in [9.17, 15) is 4.79 Å². The summed E-state index contributed by atoms with van der Waals surface area (Å²) in [6.45, 7) is 5.12. The van der Waals surface area contributed by atoms with Crippen molar-refractivity contribution >= 4 is 23.7 Å². The molecule has 0 heterocycles. The zero-order chi connectivity index (χ0) is 25.8. The van der Waals surface area contributed by atoms with E-state index in [2.05, 4.69) is 17.5 Å². The molecule has 0 saturated heterocycles. The van der Waals surface area contributed by atoms with Gasteiger partial charge in [-0.2, -0.15) is 5.10 Å². The molecule has 36 heavy (non-hydrogen) atoms. The van der Waals surface area contributed by atoms with Crippen molar-refractivity contribution in [2.24, 2.45) is 5.10 Å². The number of rotatable bonds is 19. The maximum Gasteiger partial charge on any atom is 0.240 e. The Morgan fingerprint density at radius 1 is 0.833 bits per heavy atom. The molecule has 1 N–H and O–H groups in total. The summed E-state index contributed by atoms with van der Waals surface area (Å²) in [5.41, 5.74) is 4.48. The number of carbonyl (C=O) groups is 1. The Bertz CT molecular complexity index is 900. The van der Waals surface area contributed by atoms with E-state index >= 15 is 0 Å². The van der Waals surface area contributed by atoms with Crippen LogP contribution >= 0.6 is 11.6 Å². The van der Waals surface area contributed by atoms with Crippen LogP contribution in [-0.2, 0) is 11.4 Å². The number of nitrogens with zero attached hydrogens (tertiary/aromatic N) is 1. The summed E-state index contributed by atoms with van der Waals surface area (Å²) in [5, 5.41) is 4.81. The summed E-state index contributed by atoms with van der Waals surface area (Å²) in [6, 6.07) is 13.2. The van der Waals surface area contributed by atoms with Gasteiger partial charge in [0.25, 0.3) is 0 Å². The highest BCUT2D eigenvalue weighted by molar-refractivity contribution is 6.30. The number of hydrazone groups is 1. The smallest absolute Gasteiger partial charge is 0.240 e. The largest absolute Gasteiger partial charge is 0.490 e. The minimum atomic E-state index is -0.0462. The predicted molar refractivity (Wildman–Crippen MR) is 150 cm³/mol. The molecule has 0 radical (unpaired) electrons. The van der Waals surface area contributed by atoms with Crippen LogP contribution in [0.15, 0.2) is 47.6 Å². The van der Waals surface area contributed by atoms with Gasteiger partial charge in [-0.1, -0.05) is 94.9 Å². The molecule has 0 unspecified atom stereocenters. The Morgan fingerprint density at radius 3 is 2.11 bits per heavy atom. The van der Waals surface area contributed by atoms with Gasteiger partial charge in [0.1, 0.15) is 6.61 Å². The number of amides is 1. The zero-order valence-corrected chi connectivity index (χ0v) is 22.8. The van der Waals surface area contributed by atoms with E-state index in [0.717, 1.165) is 24.0 Å². The van der Waals surface area contributed by atoms with Crippen molar-refractivity contribution in [1.82, 2.24) is 5.43 Å². The second-order valence-corrected chi connectivity index (χ2v) is 9.57. The summed E-state index contributed by atoms with van der Waals surface area (Å²) in [6.07, 6.45) is 16.1. The Labute approximate surface area is 222 Å². The van der Waals surface area contributed by atoms with E-state index in [0.29, 0.717) is 36.2 Å². The van der Waals surface area contributed by atoms with Crippen molar-refractivity contribution in [2.45, 2.75) is 97.5 Å². The van der Waals surface area contributed by atoms with Crippen LogP contribution in [0.25, 0.3) is 0 Å². The molecule has 198 valence electrons. The average molecular weight is 515 g/mol. The molecule has 2 aromatic carbocycles. The van der Waals surface area contributed by atoms with Gasteiger partial charge in [-0.05, 0) is 54.8 Å². The van der Waals surface area contributed by atoms with E-state index in [1.165, 1.54) is 57.8 Å². The van der Waals surface area contributed by atoms with E-state index in [1.54, 1.807) is 6.21 Å². The second-order valence-electron chi connectivity index (χ2n) is 9.13. The lowest BCUT2D eigenvalue weighted by atomic mass is 10.1. The number of carbonyl (C=O) groups excluding carboxylic acids is 1. The predicted octanol–water partition coefficient (Wildman–Crippen LogP) is 8.47. The van der Waals surface area contributed by atoms with Gasteiger partial charge in [0.2, 0.25) is 5.91 Å². The number of unbranched alkanes of at least 4 members (excludes halogenated alkanes) is 10. The fraction of sp³-hybridized carbons (Fsp3) is 0.533. The molecule has 0 atom stereocenters. The Kier molecular flexibility index (Phi) is 15.4. The number of benzene rings is 2. The van der Waals surface area contributed by atoms with E-state index in [1.807, 2.05) is 49.4 Å². The molecule has 1 amide bonds. The highest BCUT2D eigenvalue weighted by Crippen LogP contribution is 2.29. The highest BCUT2D eigenvalue weighted by atomic mass is 35.5. The fourth-order valence-corrected chi connectivity index (χ4v) is 4.04. The van der Waals surface area contributed by atoms with Crippen molar-refractivity contribution < 1.29 is 14.3 Å². The standard InChI is InChI=1S/C30H43ClN2O3/c1-3-5-6-7-8-9-10-11-12-13-14-15-30(34)33-32-23-26-18-21-28(29(22-26)35-4-2)36-24-25-16-19-27(31)20-17-25/h16-23H,3-15,24H2,1-2H3,(H,33,34)/b32-23-. The quantitative estimate of drug-likeness (QED) is 0.116. The second kappa shape index (κ2) is 18.7. The molecule has 5 nitrogen and oxygen atoms in total. The van der Waals surface area contributed by atoms with Gasteiger partial charge in [-0.25, -0.2) is 5.43 Å². The van der Waals surface area contributed by atoms with Crippen LogP contribution in [0.5, 0.6) is 11.5 Å². The van der Waals surface area contributed by atoms with Gasteiger partial charge in [0.05, 0.1) is 12.8 Å². The van der Waals surface area contributed by atoms with Gasteiger partial charge in [-0.15, -0.1) is 0 Å². The van der Waals surface area contributed by atoms with E-state index in [-0.39, 0.29) is 5.91 Å². The van der Waals surface area contributed by atoms with Crippen LogP contribution in [0.3, 0.4) is 0 Å². The van der Waals surface area contributed by atoms with Crippen molar-refractivity contribution in [1.29, 1.82) is 0 Å². The molecule has 0 aliphatic carbocycles. The van der Waals surface area contributed by atoms with Crippen LogP contribution in [0.2, 0.25) is 5.02 Å². The van der Waals surface area contributed by atoms with E-state index in [4.69, 9.17) is 21.1 Å². The number of nitrogens with one attached hydrogen (secondary N) is 1. The molecule has 2 aromatic rings. The van der Waals surface area contributed by atoms with Crippen LogP contribution in [0, 0.1) is 0 Å². The maximum absolute atomic E-state index is 12.1. The van der Waals surface area contributed by atoms with Crippen LogP contribution in [-0.4, -0.2) is 18.7 Å². The topological polar surface area (TPSA) is 59.9 Å². The molecule has 6 heteroatoms. The zero-order valence-electron chi connectivity index (χ0n) is 22.1. The number of halogens is 1. The maximum atomic E-state index is 12.1. The molecule has 0 bridgehead atoms. The van der Waals surface area contributed by atoms with Gasteiger partial charge >= 0.3 is 0 Å². The Morgan fingerprint density at radius 2 is 1.47 bits per heavy atom. The summed E-state index contributed by atoms with van der Waals surface area (Å²) in [5.74, 6) is 1.25. The molecule has 0 aromatic heterocycles. The van der Waals surface area contributed by atoms with Crippen molar-refractivity contribution in [3.63, 3.8) is 0 Å². The van der Waals surface area contributed by atoms with Crippen LogP contribution in [0.1, 0.15) is 102 Å². The van der Waals surface area contributed by atoms with Gasteiger partial charge in [0, 0.05) is 11.4 Å². The monoisotopic (exact) mass is 514 g/mol. The third kappa shape index (κ3) is 13.0. The minimum Gasteiger partial charge on any atom is -0.490 e. The van der Waals surface area contributed by atoms with Crippen molar-refractivity contribution in [3.8, 4) is 11.5 Å². The van der Waals surface area contributed by atoms with E-state index < -0.39 is 0 Å². The molecular formula is C30H43ClN2O3. The van der Waals surface area contributed by atoms with Crippen molar-refractivity contribution in [2.75, 3.05) is 6.61 Å². The minimum absolute atomic E-state index is 0.0462. The summed E-state index contributed by atoms with van der Waals surface area (Å²) in [7, 11) is 0. The normalized spacial score (nSPS) is 11.1. The first-order valence-electron chi connectivity index (χ1n) is 13.6. The number of hydrogen-bond donors (Lipinski definition) is 1. The first-order valence-corrected chi connectivity index (χ1v) is 14.0. The van der Waals surface area contributed by atoms with Crippen LogP contribution in [0.4, 0.5) is 0 Å². The molecule has 0 aliphatic heterocycles. The van der Waals surface area contributed by atoms with Crippen LogP contribution < -0.4 is 14.9 Å². The number of ether oxygens (including phenoxy) is 2. The SMILES string of the molecule is CCCCCCCCCCCCCC(=O)N/N=C\c1ccc(OCc2ccc(Cl)cc2)c(OCC)c1. The van der Waals surface area contributed by atoms with Crippen molar-refractivity contribution in [3.05, 3.63) is 58.6 Å². The summed E-state index contributed by atoms with van der Waals surface area (Å²) >= 11 is 5.94. The number of hydrogen-bond acceptors (Lipinski definition) is 4. The molecule has 0 saturated carbocycles.